The Morgan fingerprint density at radius 3 is 2.31 bits per heavy atom. The molecule has 1 aliphatic rings. The minimum Gasteiger partial charge on any atom is -0.341 e. The van der Waals surface area contributed by atoms with E-state index in [0.717, 1.165) is 49.8 Å². The Morgan fingerprint density at radius 1 is 1.25 bits per heavy atom. The van der Waals surface area contributed by atoms with Crippen LogP contribution in [-0.2, 0) is 0 Å². The minimum absolute atomic E-state index is 0.683. The molecule has 0 amide bonds. The van der Waals surface area contributed by atoms with Crippen LogP contribution in [0.25, 0.3) is 0 Å². The van der Waals surface area contributed by atoms with Gasteiger partial charge in [-0.1, -0.05) is 0 Å². The first kappa shape index (κ1) is 11.3. The highest BCUT2D eigenvalue weighted by Gasteiger charge is 2.19. The van der Waals surface area contributed by atoms with Gasteiger partial charge in [0.1, 0.15) is 0 Å². The third-order valence-corrected chi connectivity index (χ3v) is 3.20. The number of hydrogen-bond donors (Lipinski definition) is 1. The Morgan fingerprint density at radius 2 is 1.81 bits per heavy atom. The summed E-state index contributed by atoms with van der Waals surface area (Å²) in [6.45, 7) is 6.91. The zero-order valence-electron chi connectivity index (χ0n) is 10.1. The number of anilines is 1. The summed E-state index contributed by atoms with van der Waals surface area (Å²) in [6.07, 6.45) is 2.32. The molecular formula is C12H20N4. The monoisotopic (exact) mass is 220 g/mol. The molecule has 1 aliphatic heterocycles. The van der Waals surface area contributed by atoms with Gasteiger partial charge in [-0.15, -0.1) is 0 Å². The zero-order valence-corrected chi connectivity index (χ0v) is 10.1. The van der Waals surface area contributed by atoms with Crippen molar-refractivity contribution in [2.24, 2.45) is 11.7 Å². The molecule has 0 bridgehead atoms. The van der Waals surface area contributed by atoms with Crippen LogP contribution in [0.2, 0.25) is 0 Å². The Kier molecular flexibility index (Phi) is 3.39. The van der Waals surface area contributed by atoms with Crippen molar-refractivity contribution in [3.05, 3.63) is 17.5 Å². The highest BCUT2D eigenvalue weighted by molar-refractivity contribution is 5.32. The second-order valence-corrected chi connectivity index (χ2v) is 4.62. The van der Waals surface area contributed by atoms with E-state index >= 15 is 0 Å². The first-order valence-electron chi connectivity index (χ1n) is 5.96. The molecule has 4 heteroatoms. The second-order valence-electron chi connectivity index (χ2n) is 4.62. The molecule has 1 aromatic heterocycles. The molecule has 88 valence electrons. The van der Waals surface area contributed by atoms with Crippen molar-refractivity contribution >= 4 is 5.95 Å². The molecule has 0 aliphatic carbocycles. The topological polar surface area (TPSA) is 55.0 Å². The highest BCUT2D eigenvalue weighted by atomic mass is 15.3. The smallest absolute Gasteiger partial charge is 0.225 e. The van der Waals surface area contributed by atoms with Crippen molar-refractivity contribution in [3.8, 4) is 0 Å². The van der Waals surface area contributed by atoms with Crippen LogP contribution in [0, 0.1) is 19.8 Å². The van der Waals surface area contributed by atoms with Crippen LogP contribution >= 0.6 is 0 Å². The quantitative estimate of drug-likeness (QED) is 0.815. The zero-order chi connectivity index (χ0) is 11.5. The van der Waals surface area contributed by atoms with Crippen molar-refractivity contribution in [1.82, 2.24) is 9.97 Å². The number of nitrogens with zero attached hydrogens (tertiary/aromatic N) is 3. The van der Waals surface area contributed by atoms with Crippen LogP contribution in [0.3, 0.4) is 0 Å². The number of aryl methyl sites for hydroxylation is 2. The van der Waals surface area contributed by atoms with Gasteiger partial charge in [0.15, 0.2) is 0 Å². The molecule has 4 nitrogen and oxygen atoms in total. The fraction of sp³-hybridized carbons (Fsp3) is 0.667. The van der Waals surface area contributed by atoms with Crippen molar-refractivity contribution in [3.63, 3.8) is 0 Å². The van der Waals surface area contributed by atoms with Crippen molar-refractivity contribution in [2.75, 3.05) is 24.5 Å². The SMILES string of the molecule is Cc1cc(C)nc(N2CCC(CN)CC2)n1. The molecule has 1 fully saturated rings. The van der Waals surface area contributed by atoms with Crippen molar-refractivity contribution < 1.29 is 0 Å². The number of hydrogen-bond acceptors (Lipinski definition) is 4. The van der Waals surface area contributed by atoms with Crippen LogP contribution in [0.15, 0.2) is 6.07 Å². The summed E-state index contributed by atoms with van der Waals surface area (Å²) < 4.78 is 0. The molecule has 0 aromatic carbocycles. The number of aromatic nitrogens is 2. The number of nitrogens with two attached hydrogens (primary N) is 1. The summed E-state index contributed by atoms with van der Waals surface area (Å²) in [4.78, 5) is 11.3. The van der Waals surface area contributed by atoms with Gasteiger partial charge < -0.3 is 10.6 Å². The lowest BCUT2D eigenvalue weighted by molar-refractivity contribution is 0.411. The molecule has 0 radical (unpaired) electrons. The Labute approximate surface area is 96.9 Å². The molecule has 2 N–H and O–H groups in total. The fourth-order valence-electron chi connectivity index (χ4n) is 2.22. The minimum atomic E-state index is 0.683. The first-order chi connectivity index (χ1) is 7.69. The molecule has 0 spiro atoms. The number of rotatable bonds is 2. The molecule has 2 rings (SSSR count). The molecule has 1 aromatic rings. The average Bonchev–Trinajstić information content (AvgIpc) is 2.28. The van der Waals surface area contributed by atoms with E-state index in [4.69, 9.17) is 5.73 Å². The maximum absolute atomic E-state index is 5.69. The summed E-state index contributed by atoms with van der Waals surface area (Å²) in [5, 5.41) is 0. The lowest BCUT2D eigenvalue weighted by Crippen LogP contribution is -2.37. The van der Waals surface area contributed by atoms with Crippen LogP contribution in [0.4, 0.5) is 5.95 Å². The second kappa shape index (κ2) is 4.78. The Balaban J connectivity index is 2.08. The van der Waals surface area contributed by atoms with Gasteiger partial charge in [-0.05, 0) is 45.2 Å². The third-order valence-electron chi connectivity index (χ3n) is 3.20. The van der Waals surface area contributed by atoms with Gasteiger partial charge in [-0.2, -0.15) is 0 Å². The van der Waals surface area contributed by atoms with Gasteiger partial charge in [0.05, 0.1) is 0 Å². The van der Waals surface area contributed by atoms with Gasteiger partial charge in [0.25, 0.3) is 0 Å². The molecule has 0 unspecified atom stereocenters. The lowest BCUT2D eigenvalue weighted by Gasteiger charge is -2.31. The van der Waals surface area contributed by atoms with Crippen molar-refractivity contribution in [2.45, 2.75) is 26.7 Å². The van der Waals surface area contributed by atoms with Gasteiger partial charge >= 0.3 is 0 Å². The predicted octanol–water partition coefficient (Wildman–Crippen LogP) is 1.27. The van der Waals surface area contributed by atoms with Crippen LogP contribution in [0.1, 0.15) is 24.2 Å². The van der Waals surface area contributed by atoms with Crippen LogP contribution < -0.4 is 10.6 Å². The summed E-state index contributed by atoms with van der Waals surface area (Å²) in [5.41, 5.74) is 7.78. The van der Waals surface area contributed by atoms with E-state index in [1.165, 1.54) is 0 Å². The first-order valence-corrected chi connectivity index (χ1v) is 5.96. The molecule has 1 saturated heterocycles. The lowest BCUT2D eigenvalue weighted by atomic mass is 9.97. The molecular weight excluding hydrogens is 200 g/mol. The van der Waals surface area contributed by atoms with E-state index in [1.807, 2.05) is 19.9 Å². The van der Waals surface area contributed by atoms with Crippen LogP contribution in [0.5, 0.6) is 0 Å². The van der Waals surface area contributed by atoms with E-state index < -0.39 is 0 Å². The standard InChI is InChI=1S/C12H20N4/c1-9-7-10(2)15-12(14-9)16-5-3-11(8-13)4-6-16/h7,11H,3-6,8,13H2,1-2H3. The van der Waals surface area contributed by atoms with Gasteiger partial charge in [-0.3, -0.25) is 0 Å². The molecule has 0 saturated carbocycles. The van der Waals surface area contributed by atoms with E-state index in [0.29, 0.717) is 5.92 Å². The van der Waals surface area contributed by atoms with Crippen LogP contribution in [-0.4, -0.2) is 29.6 Å². The summed E-state index contributed by atoms with van der Waals surface area (Å²) in [6, 6.07) is 2.01. The van der Waals surface area contributed by atoms with Gasteiger partial charge in [0.2, 0.25) is 5.95 Å². The Hall–Kier alpha value is -1.16. The number of piperidine rings is 1. The average molecular weight is 220 g/mol. The maximum atomic E-state index is 5.69. The Bertz CT molecular complexity index is 336. The predicted molar refractivity (Wildman–Crippen MR) is 65.5 cm³/mol. The van der Waals surface area contributed by atoms with Crippen molar-refractivity contribution in [1.29, 1.82) is 0 Å². The highest BCUT2D eigenvalue weighted by Crippen LogP contribution is 2.20. The maximum Gasteiger partial charge on any atom is 0.225 e. The fourth-order valence-corrected chi connectivity index (χ4v) is 2.22. The summed E-state index contributed by atoms with van der Waals surface area (Å²) >= 11 is 0. The van der Waals surface area contributed by atoms with Gasteiger partial charge in [-0.25, -0.2) is 9.97 Å². The normalized spacial score (nSPS) is 17.8. The van der Waals surface area contributed by atoms with E-state index in [-0.39, 0.29) is 0 Å². The molecule has 0 atom stereocenters. The molecule has 2 heterocycles. The largest absolute Gasteiger partial charge is 0.341 e. The van der Waals surface area contributed by atoms with E-state index in [2.05, 4.69) is 14.9 Å². The van der Waals surface area contributed by atoms with E-state index in [9.17, 15) is 0 Å². The molecule has 16 heavy (non-hydrogen) atoms. The van der Waals surface area contributed by atoms with E-state index in [1.54, 1.807) is 0 Å². The summed E-state index contributed by atoms with van der Waals surface area (Å²) in [7, 11) is 0. The van der Waals surface area contributed by atoms with Gasteiger partial charge in [0, 0.05) is 24.5 Å². The summed E-state index contributed by atoms with van der Waals surface area (Å²) in [5.74, 6) is 1.56. The third kappa shape index (κ3) is 2.50.